The largest absolute Gasteiger partial charge is 0.480 e. The standard InChI is InChI=1S/C15H18N2O4/c1-11(6-7-12-4-3-9-21-12)16-15(20)13-5-2-8-17(13)10-14(18)19/h2-5,8-9,11H,6-7,10H2,1H3,(H,16,20)(H,18,19). The molecule has 1 unspecified atom stereocenters. The molecule has 2 aromatic heterocycles. The van der Waals surface area contributed by atoms with Crippen molar-refractivity contribution in [1.82, 2.24) is 9.88 Å². The number of amides is 1. The lowest BCUT2D eigenvalue weighted by molar-refractivity contribution is -0.137. The minimum atomic E-state index is -0.980. The molecule has 0 aliphatic rings. The van der Waals surface area contributed by atoms with Crippen molar-refractivity contribution in [2.75, 3.05) is 0 Å². The van der Waals surface area contributed by atoms with E-state index in [9.17, 15) is 9.59 Å². The minimum absolute atomic E-state index is 0.0317. The number of carbonyl (C=O) groups is 2. The van der Waals surface area contributed by atoms with Crippen molar-refractivity contribution < 1.29 is 19.1 Å². The van der Waals surface area contributed by atoms with Crippen molar-refractivity contribution >= 4 is 11.9 Å². The highest BCUT2D eigenvalue weighted by atomic mass is 16.4. The van der Waals surface area contributed by atoms with Crippen molar-refractivity contribution in [3.63, 3.8) is 0 Å². The molecule has 2 N–H and O–H groups in total. The summed E-state index contributed by atoms with van der Waals surface area (Å²) in [4.78, 5) is 22.9. The Morgan fingerprint density at radius 2 is 2.19 bits per heavy atom. The lowest BCUT2D eigenvalue weighted by Gasteiger charge is -2.14. The molecular formula is C15H18N2O4. The van der Waals surface area contributed by atoms with Crippen molar-refractivity contribution in [2.24, 2.45) is 0 Å². The number of aryl methyl sites for hydroxylation is 1. The smallest absolute Gasteiger partial charge is 0.323 e. The quantitative estimate of drug-likeness (QED) is 0.816. The molecule has 1 amide bonds. The van der Waals surface area contributed by atoms with Gasteiger partial charge in [0.2, 0.25) is 0 Å². The molecule has 0 radical (unpaired) electrons. The maximum Gasteiger partial charge on any atom is 0.323 e. The average molecular weight is 290 g/mol. The lowest BCUT2D eigenvalue weighted by atomic mass is 10.1. The van der Waals surface area contributed by atoms with E-state index in [-0.39, 0.29) is 18.5 Å². The Hall–Kier alpha value is -2.50. The molecule has 6 nitrogen and oxygen atoms in total. The molecule has 0 spiro atoms. The number of nitrogens with zero attached hydrogens (tertiary/aromatic N) is 1. The lowest BCUT2D eigenvalue weighted by Crippen LogP contribution is -2.34. The molecule has 2 aromatic rings. The van der Waals surface area contributed by atoms with Crippen LogP contribution < -0.4 is 5.32 Å². The predicted molar refractivity (Wildman–Crippen MR) is 76.0 cm³/mol. The zero-order chi connectivity index (χ0) is 15.2. The van der Waals surface area contributed by atoms with Crippen LogP contribution in [0.3, 0.4) is 0 Å². The first-order valence-corrected chi connectivity index (χ1v) is 6.76. The zero-order valence-electron chi connectivity index (χ0n) is 11.8. The first-order valence-electron chi connectivity index (χ1n) is 6.76. The van der Waals surface area contributed by atoms with Crippen LogP contribution in [-0.4, -0.2) is 27.6 Å². The van der Waals surface area contributed by atoms with Crippen LogP contribution in [0.1, 0.15) is 29.6 Å². The van der Waals surface area contributed by atoms with Crippen LogP contribution in [-0.2, 0) is 17.8 Å². The van der Waals surface area contributed by atoms with Gasteiger partial charge in [0.15, 0.2) is 0 Å². The van der Waals surface area contributed by atoms with Crippen LogP contribution in [0, 0.1) is 0 Å². The van der Waals surface area contributed by atoms with E-state index in [2.05, 4.69) is 5.32 Å². The predicted octanol–water partition coefficient (Wildman–Crippen LogP) is 1.92. The number of carbonyl (C=O) groups excluding carboxylic acids is 1. The van der Waals surface area contributed by atoms with Gasteiger partial charge >= 0.3 is 5.97 Å². The maximum atomic E-state index is 12.1. The number of hydrogen-bond donors (Lipinski definition) is 2. The van der Waals surface area contributed by atoms with Crippen LogP contribution in [0.15, 0.2) is 41.1 Å². The Labute approximate surface area is 122 Å². The van der Waals surface area contributed by atoms with Crippen LogP contribution in [0.25, 0.3) is 0 Å². The summed E-state index contributed by atoms with van der Waals surface area (Å²) in [6.45, 7) is 1.68. The molecule has 0 saturated heterocycles. The molecule has 0 fully saturated rings. The molecule has 0 aliphatic heterocycles. The Kier molecular flexibility index (Phi) is 4.81. The highest BCUT2D eigenvalue weighted by Crippen LogP contribution is 2.07. The Morgan fingerprint density at radius 1 is 1.38 bits per heavy atom. The third-order valence-electron chi connectivity index (χ3n) is 3.15. The van der Waals surface area contributed by atoms with E-state index in [1.165, 1.54) is 4.57 Å². The number of aromatic nitrogens is 1. The maximum absolute atomic E-state index is 12.1. The summed E-state index contributed by atoms with van der Waals surface area (Å²) in [6.07, 6.45) is 4.69. The summed E-state index contributed by atoms with van der Waals surface area (Å²) in [5.74, 6) is -0.371. The van der Waals surface area contributed by atoms with Crippen LogP contribution >= 0.6 is 0 Å². The SMILES string of the molecule is CC(CCc1ccco1)NC(=O)c1cccn1CC(=O)O. The summed E-state index contributed by atoms with van der Waals surface area (Å²) >= 11 is 0. The number of aliphatic carboxylic acids is 1. The van der Waals surface area contributed by atoms with Crippen molar-refractivity contribution in [3.05, 3.63) is 48.2 Å². The summed E-state index contributed by atoms with van der Waals surface area (Å²) in [6, 6.07) is 6.96. The fourth-order valence-electron chi connectivity index (χ4n) is 2.09. The van der Waals surface area contributed by atoms with E-state index in [0.29, 0.717) is 5.69 Å². The molecule has 2 rings (SSSR count). The Balaban J connectivity index is 1.88. The topological polar surface area (TPSA) is 84.5 Å². The highest BCUT2D eigenvalue weighted by molar-refractivity contribution is 5.93. The van der Waals surface area contributed by atoms with Gasteiger partial charge in [-0.2, -0.15) is 0 Å². The normalized spacial score (nSPS) is 12.0. The molecular weight excluding hydrogens is 272 g/mol. The van der Waals surface area contributed by atoms with Crippen molar-refractivity contribution in [1.29, 1.82) is 0 Å². The zero-order valence-corrected chi connectivity index (χ0v) is 11.8. The third-order valence-corrected chi connectivity index (χ3v) is 3.15. The molecule has 0 saturated carbocycles. The van der Waals surface area contributed by atoms with Gasteiger partial charge in [0, 0.05) is 18.7 Å². The van der Waals surface area contributed by atoms with E-state index in [1.54, 1.807) is 24.6 Å². The van der Waals surface area contributed by atoms with Gasteiger partial charge in [-0.15, -0.1) is 0 Å². The van der Waals surface area contributed by atoms with Gasteiger partial charge in [-0.05, 0) is 37.6 Å². The molecule has 1 atom stereocenters. The van der Waals surface area contributed by atoms with E-state index in [4.69, 9.17) is 9.52 Å². The second-order valence-corrected chi connectivity index (χ2v) is 4.91. The summed E-state index contributed by atoms with van der Waals surface area (Å²) < 4.78 is 6.66. The van der Waals surface area contributed by atoms with Crippen LogP contribution in [0.2, 0.25) is 0 Å². The number of rotatable bonds is 7. The van der Waals surface area contributed by atoms with Gasteiger partial charge in [-0.3, -0.25) is 9.59 Å². The second kappa shape index (κ2) is 6.78. The fourth-order valence-corrected chi connectivity index (χ4v) is 2.09. The minimum Gasteiger partial charge on any atom is -0.480 e. The van der Waals surface area contributed by atoms with Gasteiger partial charge in [0.05, 0.1) is 6.26 Å². The number of hydrogen-bond acceptors (Lipinski definition) is 3. The summed E-state index contributed by atoms with van der Waals surface area (Å²) in [5, 5.41) is 11.7. The van der Waals surface area contributed by atoms with Crippen molar-refractivity contribution in [3.8, 4) is 0 Å². The van der Waals surface area contributed by atoms with Gasteiger partial charge in [0.25, 0.3) is 5.91 Å². The summed E-state index contributed by atoms with van der Waals surface area (Å²) in [7, 11) is 0. The molecule has 2 heterocycles. The van der Waals surface area contributed by atoms with Gasteiger partial charge in [-0.25, -0.2) is 0 Å². The average Bonchev–Trinajstić information content (AvgIpc) is 3.06. The van der Waals surface area contributed by atoms with Crippen LogP contribution in [0.4, 0.5) is 0 Å². The van der Waals surface area contributed by atoms with Crippen molar-refractivity contribution in [2.45, 2.75) is 32.4 Å². The molecule has 112 valence electrons. The first kappa shape index (κ1) is 14.9. The monoisotopic (exact) mass is 290 g/mol. The molecule has 0 aromatic carbocycles. The molecule has 0 bridgehead atoms. The fraction of sp³-hybridized carbons (Fsp3) is 0.333. The van der Waals surface area contributed by atoms with E-state index >= 15 is 0 Å². The first-order chi connectivity index (χ1) is 10.1. The number of furan rings is 1. The van der Waals surface area contributed by atoms with E-state index in [0.717, 1.165) is 18.6 Å². The van der Waals surface area contributed by atoms with Gasteiger partial charge in [-0.1, -0.05) is 0 Å². The number of nitrogens with one attached hydrogen (secondary N) is 1. The second-order valence-electron chi connectivity index (χ2n) is 4.91. The van der Waals surface area contributed by atoms with Gasteiger partial charge in [0.1, 0.15) is 18.0 Å². The van der Waals surface area contributed by atoms with Gasteiger partial charge < -0.3 is 19.4 Å². The number of carboxylic acids is 1. The molecule has 6 heteroatoms. The molecule has 21 heavy (non-hydrogen) atoms. The highest BCUT2D eigenvalue weighted by Gasteiger charge is 2.15. The van der Waals surface area contributed by atoms with Crippen LogP contribution in [0.5, 0.6) is 0 Å². The summed E-state index contributed by atoms with van der Waals surface area (Å²) in [5.41, 5.74) is 0.349. The Bertz CT molecular complexity index is 601. The number of carboxylic acid groups (broad SMARTS) is 1. The Morgan fingerprint density at radius 3 is 2.86 bits per heavy atom. The van der Waals surface area contributed by atoms with E-state index in [1.807, 2.05) is 19.1 Å². The molecule has 0 aliphatic carbocycles. The third kappa shape index (κ3) is 4.24. The van der Waals surface area contributed by atoms with E-state index < -0.39 is 5.97 Å².